The van der Waals surface area contributed by atoms with Gasteiger partial charge in [-0.15, -0.1) is 11.3 Å². The molecule has 2 aromatic rings. The van der Waals surface area contributed by atoms with Crippen molar-refractivity contribution in [2.45, 2.75) is 45.8 Å². The van der Waals surface area contributed by atoms with Gasteiger partial charge in [0.15, 0.2) is 0 Å². The maximum atomic E-state index is 13.3. The zero-order chi connectivity index (χ0) is 19.1. The van der Waals surface area contributed by atoms with Crippen molar-refractivity contribution >= 4 is 21.6 Å². The summed E-state index contributed by atoms with van der Waals surface area (Å²) in [5.74, 6) is 0.718. The molecule has 4 rings (SSSR count). The van der Waals surface area contributed by atoms with E-state index in [-0.39, 0.29) is 17.3 Å². The van der Waals surface area contributed by atoms with E-state index in [9.17, 15) is 9.59 Å². The molecule has 2 aromatic heterocycles. The molecule has 0 spiro atoms. The predicted octanol–water partition coefficient (Wildman–Crippen LogP) is 1.20. The van der Waals surface area contributed by atoms with Crippen LogP contribution in [0.25, 0.3) is 10.2 Å². The van der Waals surface area contributed by atoms with Crippen LogP contribution < -0.4 is 22.3 Å². The molecule has 148 valence electrons. The molecule has 3 atom stereocenters. The van der Waals surface area contributed by atoms with Crippen molar-refractivity contribution < 1.29 is 4.74 Å². The summed E-state index contributed by atoms with van der Waals surface area (Å²) in [4.78, 5) is 28.4. The molecular weight excluding hydrogens is 364 g/mol. The Kier molecular flexibility index (Phi) is 5.24. The van der Waals surface area contributed by atoms with Crippen molar-refractivity contribution in [2.75, 3.05) is 26.3 Å². The minimum Gasteiger partial charge on any atom is -0.381 e. The molecule has 3 N–H and O–H groups in total. The fourth-order valence-corrected chi connectivity index (χ4v) is 5.25. The first-order chi connectivity index (χ1) is 13.0. The quantitative estimate of drug-likeness (QED) is 0.691. The standard InChI is InChI=1S/C19H28N4O3S/c1-11-7-14(11)23-17(24)16-12(2)15(8-21-5-4-20)27-18(16)22(19(23)25)9-13-3-6-26-10-13/h11,13-14,21H,3-10,20H2,1-2H3. The maximum absolute atomic E-state index is 13.3. The van der Waals surface area contributed by atoms with Crippen molar-refractivity contribution in [3.63, 3.8) is 0 Å². The van der Waals surface area contributed by atoms with Crippen LogP contribution in [-0.4, -0.2) is 35.4 Å². The summed E-state index contributed by atoms with van der Waals surface area (Å²) in [7, 11) is 0. The average Bonchev–Trinajstić information content (AvgIpc) is 3.03. The second-order valence-electron chi connectivity index (χ2n) is 7.87. The Hall–Kier alpha value is -1.48. The van der Waals surface area contributed by atoms with Gasteiger partial charge in [0.05, 0.1) is 12.0 Å². The summed E-state index contributed by atoms with van der Waals surface area (Å²) >= 11 is 1.56. The number of nitrogens with two attached hydrogens (primary N) is 1. The normalized spacial score (nSPS) is 24.8. The summed E-state index contributed by atoms with van der Waals surface area (Å²) in [6, 6.07) is 0.0404. The van der Waals surface area contributed by atoms with Crippen LogP contribution >= 0.6 is 11.3 Å². The minimum absolute atomic E-state index is 0.0404. The number of rotatable bonds is 7. The molecule has 8 heteroatoms. The molecule has 0 amide bonds. The van der Waals surface area contributed by atoms with Crippen LogP contribution in [0.1, 0.15) is 36.2 Å². The SMILES string of the molecule is Cc1c(CNCCN)sc2c1c(=O)n(C1CC1C)c(=O)n2CC1CCOC1. The molecule has 0 bridgehead atoms. The highest BCUT2D eigenvalue weighted by Crippen LogP contribution is 2.41. The van der Waals surface area contributed by atoms with Gasteiger partial charge < -0.3 is 15.8 Å². The molecule has 2 aliphatic rings. The molecule has 2 fully saturated rings. The number of thiophene rings is 1. The molecule has 0 aromatic carbocycles. The Morgan fingerprint density at radius 3 is 2.78 bits per heavy atom. The minimum atomic E-state index is -0.156. The molecular formula is C19H28N4O3S. The van der Waals surface area contributed by atoms with E-state index in [2.05, 4.69) is 12.2 Å². The van der Waals surface area contributed by atoms with Gasteiger partial charge in [0.2, 0.25) is 0 Å². The molecule has 3 heterocycles. The summed E-state index contributed by atoms with van der Waals surface area (Å²) in [6.45, 7) is 8.11. The largest absolute Gasteiger partial charge is 0.381 e. The third kappa shape index (κ3) is 3.40. The number of aromatic nitrogens is 2. The van der Waals surface area contributed by atoms with Crippen molar-refractivity contribution in [3.8, 4) is 0 Å². The van der Waals surface area contributed by atoms with E-state index in [1.54, 1.807) is 11.3 Å². The number of aryl methyl sites for hydroxylation is 1. The first kappa shape index (κ1) is 18.9. The molecule has 27 heavy (non-hydrogen) atoms. The van der Waals surface area contributed by atoms with Gasteiger partial charge in [0.1, 0.15) is 4.83 Å². The Morgan fingerprint density at radius 1 is 1.37 bits per heavy atom. The van der Waals surface area contributed by atoms with E-state index in [0.29, 0.717) is 43.5 Å². The van der Waals surface area contributed by atoms with Crippen molar-refractivity contribution in [3.05, 3.63) is 31.3 Å². The zero-order valence-corrected chi connectivity index (χ0v) is 16.8. The summed E-state index contributed by atoms with van der Waals surface area (Å²) in [5, 5.41) is 4.02. The van der Waals surface area contributed by atoms with Crippen molar-refractivity contribution in [1.29, 1.82) is 0 Å². The predicted molar refractivity (Wildman–Crippen MR) is 108 cm³/mol. The Bertz CT molecular complexity index is 954. The summed E-state index contributed by atoms with van der Waals surface area (Å²) in [5.41, 5.74) is 6.28. The molecule has 0 radical (unpaired) electrons. The van der Waals surface area contributed by atoms with Gasteiger partial charge in [-0.05, 0) is 31.2 Å². The lowest BCUT2D eigenvalue weighted by Gasteiger charge is -2.14. The van der Waals surface area contributed by atoms with Gasteiger partial charge in [0, 0.05) is 49.6 Å². The van der Waals surface area contributed by atoms with Gasteiger partial charge >= 0.3 is 5.69 Å². The number of fused-ring (bicyclic) bond motifs is 1. The van der Waals surface area contributed by atoms with Crippen LogP contribution in [0.2, 0.25) is 0 Å². The second kappa shape index (κ2) is 7.50. The van der Waals surface area contributed by atoms with Crippen molar-refractivity contribution in [2.24, 2.45) is 17.6 Å². The van der Waals surface area contributed by atoms with Gasteiger partial charge in [-0.1, -0.05) is 6.92 Å². The summed E-state index contributed by atoms with van der Waals surface area (Å²) in [6.07, 6.45) is 1.86. The third-order valence-electron chi connectivity index (χ3n) is 5.81. The van der Waals surface area contributed by atoms with E-state index in [4.69, 9.17) is 10.5 Å². The fraction of sp³-hybridized carbons (Fsp3) is 0.684. The first-order valence-corrected chi connectivity index (χ1v) is 10.6. The smallest absolute Gasteiger partial charge is 0.332 e. The number of nitrogens with one attached hydrogen (secondary N) is 1. The Labute approximate surface area is 162 Å². The van der Waals surface area contributed by atoms with Crippen molar-refractivity contribution in [1.82, 2.24) is 14.5 Å². The average molecular weight is 393 g/mol. The van der Waals surface area contributed by atoms with Gasteiger partial charge in [-0.2, -0.15) is 0 Å². The highest BCUT2D eigenvalue weighted by molar-refractivity contribution is 7.18. The van der Waals surface area contributed by atoms with Crippen LogP contribution in [0, 0.1) is 18.8 Å². The number of hydrogen-bond donors (Lipinski definition) is 2. The highest BCUT2D eigenvalue weighted by atomic mass is 32.1. The fourth-order valence-electron chi connectivity index (χ4n) is 3.98. The molecule has 7 nitrogen and oxygen atoms in total. The topological polar surface area (TPSA) is 91.3 Å². The van der Waals surface area contributed by atoms with E-state index in [1.165, 1.54) is 4.57 Å². The lowest BCUT2D eigenvalue weighted by Crippen LogP contribution is -2.40. The van der Waals surface area contributed by atoms with Gasteiger partial charge in [-0.25, -0.2) is 4.79 Å². The maximum Gasteiger partial charge on any atom is 0.332 e. The van der Waals surface area contributed by atoms with E-state index in [1.807, 2.05) is 11.5 Å². The van der Waals surface area contributed by atoms with Gasteiger partial charge in [0.25, 0.3) is 5.56 Å². The number of ether oxygens (including phenoxy) is 1. The highest BCUT2D eigenvalue weighted by Gasteiger charge is 2.38. The Morgan fingerprint density at radius 2 is 2.15 bits per heavy atom. The van der Waals surface area contributed by atoms with Crippen LogP contribution in [-0.2, 0) is 17.8 Å². The molecule has 1 aliphatic carbocycles. The first-order valence-electron chi connectivity index (χ1n) is 9.78. The summed E-state index contributed by atoms with van der Waals surface area (Å²) < 4.78 is 8.86. The van der Waals surface area contributed by atoms with Crippen LogP contribution in [0.4, 0.5) is 0 Å². The van der Waals surface area contributed by atoms with Gasteiger partial charge in [-0.3, -0.25) is 13.9 Å². The lowest BCUT2D eigenvalue weighted by atomic mass is 10.1. The second-order valence-corrected chi connectivity index (χ2v) is 8.96. The van der Waals surface area contributed by atoms with E-state index in [0.717, 1.165) is 41.3 Å². The molecule has 1 saturated heterocycles. The van der Waals surface area contributed by atoms with Crippen LogP contribution in [0.15, 0.2) is 9.59 Å². The number of nitrogens with zero attached hydrogens (tertiary/aromatic N) is 2. The lowest BCUT2D eigenvalue weighted by molar-refractivity contribution is 0.182. The van der Waals surface area contributed by atoms with E-state index < -0.39 is 0 Å². The molecule has 3 unspecified atom stereocenters. The van der Waals surface area contributed by atoms with E-state index >= 15 is 0 Å². The monoisotopic (exact) mass is 392 g/mol. The third-order valence-corrected chi connectivity index (χ3v) is 7.13. The van der Waals surface area contributed by atoms with Crippen LogP contribution in [0.3, 0.4) is 0 Å². The number of hydrogen-bond acceptors (Lipinski definition) is 6. The molecule has 1 saturated carbocycles. The molecule has 1 aliphatic heterocycles. The zero-order valence-electron chi connectivity index (χ0n) is 16.0. The van der Waals surface area contributed by atoms with Crippen LogP contribution in [0.5, 0.6) is 0 Å². The Balaban J connectivity index is 1.85.